The highest BCUT2D eigenvalue weighted by Crippen LogP contribution is 2.25. The second-order valence-corrected chi connectivity index (χ2v) is 6.07. The van der Waals surface area contributed by atoms with E-state index in [2.05, 4.69) is 21.1 Å². The van der Waals surface area contributed by atoms with Crippen molar-refractivity contribution in [3.05, 3.63) is 42.0 Å². The van der Waals surface area contributed by atoms with Gasteiger partial charge in [0.15, 0.2) is 0 Å². The van der Waals surface area contributed by atoms with Crippen molar-refractivity contribution in [1.82, 2.24) is 19.7 Å². The number of anilines is 1. The average molecular weight is 324 g/mol. The molecule has 0 saturated carbocycles. The Kier molecular flexibility index (Phi) is 4.47. The summed E-state index contributed by atoms with van der Waals surface area (Å²) in [6.45, 7) is 1.56. The van der Waals surface area contributed by atoms with E-state index in [9.17, 15) is 10.1 Å². The monoisotopic (exact) mass is 324 g/mol. The smallest absolute Gasteiger partial charge is 0.257 e. The van der Waals surface area contributed by atoms with Gasteiger partial charge in [-0.15, -0.1) is 0 Å². The first-order valence-corrected chi connectivity index (χ1v) is 7.95. The fourth-order valence-electron chi connectivity index (χ4n) is 3.12. The first kappa shape index (κ1) is 16.0. The Labute approximate surface area is 141 Å². The molecular formula is C17H20N6O. The number of nitriles is 1. The predicted octanol–water partition coefficient (Wildman–Crippen LogP) is 1.43. The summed E-state index contributed by atoms with van der Waals surface area (Å²) in [6, 6.07) is 4.04. The van der Waals surface area contributed by atoms with Crippen LogP contribution in [0.5, 0.6) is 0 Å². The molecule has 3 heterocycles. The van der Waals surface area contributed by atoms with E-state index in [0.29, 0.717) is 17.7 Å². The fourth-order valence-corrected chi connectivity index (χ4v) is 3.12. The molecule has 0 radical (unpaired) electrons. The minimum Gasteiger partial charge on any atom is -0.367 e. The number of piperidine rings is 1. The summed E-state index contributed by atoms with van der Waals surface area (Å²) in [4.78, 5) is 20.7. The van der Waals surface area contributed by atoms with Gasteiger partial charge in [0.25, 0.3) is 5.91 Å². The Morgan fingerprint density at radius 1 is 1.46 bits per heavy atom. The second kappa shape index (κ2) is 6.71. The van der Waals surface area contributed by atoms with Crippen LogP contribution in [-0.2, 0) is 7.05 Å². The molecule has 24 heavy (non-hydrogen) atoms. The molecule has 1 aliphatic heterocycles. The number of carbonyl (C=O) groups is 1. The summed E-state index contributed by atoms with van der Waals surface area (Å²) < 4.78 is 1.63. The molecule has 7 nitrogen and oxygen atoms in total. The molecule has 0 spiro atoms. The second-order valence-electron chi connectivity index (χ2n) is 6.07. The van der Waals surface area contributed by atoms with E-state index in [1.54, 1.807) is 47.5 Å². The average Bonchev–Trinajstić information content (AvgIpc) is 3.07. The molecule has 0 aromatic carbocycles. The van der Waals surface area contributed by atoms with E-state index in [1.165, 1.54) is 0 Å². The fraction of sp³-hybridized carbons (Fsp3) is 0.412. The molecule has 0 bridgehead atoms. The van der Waals surface area contributed by atoms with Crippen molar-refractivity contribution in [3.63, 3.8) is 0 Å². The van der Waals surface area contributed by atoms with Crippen LogP contribution in [0.25, 0.3) is 0 Å². The normalized spacial score (nSPS) is 17.4. The van der Waals surface area contributed by atoms with Crippen LogP contribution >= 0.6 is 0 Å². The Bertz CT molecular complexity index is 777. The maximum absolute atomic E-state index is 12.6. The van der Waals surface area contributed by atoms with E-state index < -0.39 is 0 Å². The number of aryl methyl sites for hydroxylation is 1. The minimum atomic E-state index is -0.0263. The first-order valence-electron chi connectivity index (χ1n) is 7.95. The van der Waals surface area contributed by atoms with Crippen LogP contribution in [0.15, 0.2) is 30.9 Å². The van der Waals surface area contributed by atoms with Crippen molar-refractivity contribution in [1.29, 1.82) is 5.26 Å². The molecule has 0 aliphatic carbocycles. The van der Waals surface area contributed by atoms with Crippen molar-refractivity contribution in [2.45, 2.75) is 18.9 Å². The molecular weight excluding hydrogens is 304 g/mol. The van der Waals surface area contributed by atoms with E-state index in [0.717, 1.165) is 25.1 Å². The SMILES string of the molecule is CN(C(=O)c1cnn(C)c1)C1CCCN(c2cnccc2C#N)C1. The van der Waals surface area contributed by atoms with Crippen molar-refractivity contribution in [3.8, 4) is 6.07 Å². The van der Waals surface area contributed by atoms with E-state index in [-0.39, 0.29) is 11.9 Å². The standard InChI is InChI=1S/C17H20N6O/c1-21-11-14(9-20-21)17(24)22(2)15-4-3-7-23(12-15)16-10-19-6-5-13(16)8-18/h5-6,9-11,15H,3-4,7,12H2,1-2H3. The molecule has 1 unspecified atom stereocenters. The summed E-state index contributed by atoms with van der Waals surface area (Å²) >= 11 is 0. The number of rotatable bonds is 3. The number of carbonyl (C=O) groups excluding carboxylic acids is 1. The Hall–Kier alpha value is -2.88. The molecule has 2 aromatic rings. The van der Waals surface area contributed by atoms with Crippen LogP contribution in [-0.4, -0.2) is 51.8 Å². The van der Waals surface area contributed by atoms with Crippen LogP contribution in [0.3, 0.4) is 0 Å². The lowest BCUT2D eigenvalue weighted by molar-refractivity contribution is 0.0717. The van der Waals surface area contributed by atoms with Gasteiger partial charge in [0.2, 0.25) is 0 Å². The third kappa shape index (κ3) is 3.08. The summed E-state index contributed by atoms with van der Waals surface area (Å²) in [7, 11) is 3.63. The van der Waals surface area contributed by atoms with Crippen LogP contribution < -0.4 is 4.90 Å². The van der Waals surface area contributed by atoms with Gasteiger partial charge in [-0.05, 0) is 18.9 Å². The quantitative estimate of drug-likeness (QED) is 0.853. The molecule has 7 heteroatoms. The highest BCUT2D eigenvalue weighted by atomic mass is 16.2. The van der Waals surface area contributed by atoms with E-state index in [4.69, 9.17) is 0 Å². The zero-order valence-electron chi connectivity index (χ0n) is 13.9. The van der Waals surface area contributed by atoms with Gasteiger partial charge in [-0.3, -0.25) is 14.5 Å². The lowest BCUT2D eigenvalue weighted by Gasteiger charge is -2.38. The Morgan fingerprint density at radius 2 is 2.29 bits per heavy atom. The third-order valence-electron chi connectivity index (χ3n) is 4.48. The Balaban J connectivity index is 1.76. The van der Waals surface area contributed by atoms with Crippen molar-refractivity contribution in [2.24, 2.45) is 7.05 Å². The van der Waals surface area contributed by atoms with Crippen LogP contribution in [0.4, 0.5) is 5.69 Å². The molecule has 1 aliphatic rings. The number of hydrogen-bond donors (Lipinski definition) is 0. The highest BCUT2D eigenvalue weighted by molar-refractivity contribution is 5.93. The molecule has 1 amide bonds. The lowest BCUT2D eigenvalue weighted by Crippen LogP contribution is -2.48. The third-order valence-corrected chi connectivity index (χ3v) is 4.48. The molecule has 1 saturated heterocycles. The van der Waals surface area contributed by atoms with Crippen LogP contribution in [0.1, 0.15) is 28.8 Å². The molecule has 1 atom stereocenters. The van der Waals surface area contributed by atoms with Gasteiger partial charge in [-0.2, -0.15) is 10.4 Å². The van der Waals surface area contributed by atoms with Crippen molar-refractivity contribution >= 4 is 11.6 Å². The molecule has 3 rings (SSSR count). The van der Waals surface area contributed by atoms with Crippen molar-refractivity contribution in [2.75, 3.05) is 25.0 Å². The van der Waals surface area contributed by atoms with Crippen molar-refractivity contribution < 1.29 is 4.79 Å². The van der Waals surface area contributed by atoms with Crippen LogP contribution in [0.2, 0.25) is 0 Å². The number of nitrogens with zero attached hydrogens (tertiary/aromatic N) is 6. The number of likely N-dealkylation sites (N-methyl/N-ethyl adjacent to an activating group) is 1. The summed E-state index contributed by atoms with van der Waals surface area (Å²) in [5.74, 6) is -0.0263. The van der Waals surface area contributed by atoms with Gasteiger partial charge in [0.05, 0.1) is 29.2 Å². The number of aromatic nitrogens is 3. The predicted molar refractivity (Wildman–Crippen MR) is 89.5 cm³/mol. The van der Waals surface area contributed by atoms with Gasteiger partial charge < -0.3 is 9.80 Å². The van der Waals surface area contributed by atoms with E-state index >= 15 is 0 Å². The van der Waals surface area contributed by atoms with Crippen LogP contribution in [0, 0.1) is 11.3 Å². The van der Waals surface area contributed by atoms with Gasteiger partial charge in [-0.1, -0.05) is 0 Å². The number of hydrogen-bond acceptors (Lipinski definition) is 5. The summed E-state index contributed by atoms with van der Waals surface area (Å²) in [5.41, 5.74) is 2.05. The topological polar surface area (TPSA) is 78.1 Å². The largest absolute Gasteiger partial charge is 0.367 e. The van der Waals surface area contributed by atoms with E-state index in [1.807, 2.05) is 7.05 Å². The van der Waals surface area contributed by atoms with Gasteiger partial charge >= 0.3 is 0 Å². The van der Waals surface area contributed by atoms with Gasteiger partial charge in [0.1, 0.15) is 6.07 Å². The molecule has 2 aromatic heterocycles. The molecule has 0 N–H and O–H groups in total. The highest BCUT2D eigenvalue weighted by Gasteiger charge is 2.28. The first-order chi connectivity index (χ1) is 11.6. The summed E-state index contributed by atoms with van der Waals surface area (Å²) in [5, 5.41) is 13.4. The van der Waals surface area contributed by atoms with Gasteiger partial charge in [-0.25, -0.2) is 0 Å². The Morgan fingerprint density at radius 3 is 3.00 bits per heavy atom. The number of amides is 1. The molecule has 124 valence electrons. The van der Waals surface area contributed by atoms with Gasteiger partial charge in [0, 0.05) is 45.6 Å². The minimum absolute atomic E-state index is 0.0263. The zero-order valence-corrected chi connectivity index (χ0v) is 13.9. The zero-order chi connectivity index (χ0) is 17.1. The summed E-state index contributed by atoms with van der Waals surface area (Å²) in [6.07, 6.45) is 8.59. The lowest BCUT2D eigenvalue weighted by atomic mass is 10.0. The maximum atomic E-state index is 12.6. The molecule has 1 fully saturated rings. The maximum Gasteiger partial charge on any atom is 0.257 e. The number of pyridine rings is 1.